The van der Waals surface area contributed by atoms with Crippen LogP contribution in [0.4, 0.5) is 0 Å². The SMILES string of the molecule is O=C(NNC(=O)[C@H]1CC=CC[C@@H]1C(=O)O)c1ccc(Br)o1. The predicted octanol–water partition coefficient (Wildman–Crippen LogP) is 1.47. The summed E-state index contributed by atoms with van der Waals surface area (Å²) in [5.41, 5.74) is 4.43. The number of carboxylic acid groups (broad SMARTS) is 1. The van der Waals surface area contributed by atoms with E-state index in [9.17, 15) is 14.4 Å². The largest absolute Gasteiger partial charge is 0.481 e. The topological polar surface area (TPSA) is 109 Å². The second-order valence-corrected chi connectivity index (χ2v) is 5.32. The number of allylic oxidation sites excluding steroid dienone is 2. The molecule has 0 fully saturated rings. The van der Waals surface area contributed by atoms with Gasteiger partial charge in [-0.05, 0) is 40.9 Å². The van der Waals surface area contributed by atoms with Crippen molar-refractivity contribution in [3.05, 3.63) is 34.7 Å². The number of nitrogens with one attached hydrogen (secondary N) is 2. The molecule has 2 atom stereocenters. The summed E-state index contributed by atoms with van der Waals surface area (Å²) >= 11 is 3.06. The van der Waals surface area contributed by atoms with Gasteiger partial charge in [-0.2, -0.15) is 0 Å². The number of aliphatic carboxylic acids is 1. The first-order chi connectivity index (χ1) is 9.99. The number of amides is 2. The van der Waals surface area contributed by atoms with Crippen LogP contribution < -0.4 is 10.9 Å². The van der Waals surface area contributed by atoms with Crippen LogP contribution in [0.1, 0.15) is 23.4 Å². The fraction of sp³-hybridized carbons (Fsp3) is 0.308. The molecule has 1 aliphatic carbocycles. The van der Waals surface area contributed by atoms with Crippen LogP contribution in [0.3, 0.4) is 0 Å². The molecule has 1 aromatic heterocycles. The van der Waals surface area contributed by atoms with Crippen LogP contribution >= 0.6 is 15.9 Å². The number of halogens is 1. The second-order valence-electron chi connectivity index (χ2n) is 4.54. The molecule has 21 heavy (non-hydrogen) atoms. The molecule has 2 amide bonds. The third kappa shape index (κ3) is 3.72. The fourth-order valence-corrected chi connectivity index (χ4v) is 2.39. The minimum atomic E-state index is -1.03. The molecule has 0 saturated carbocycles. The van der Waals surface area contributed by atoms with Gasteiger partial charge in [-0.3, -0.25) is 25.2 Å². The third-order valence-corrected chi connectivity index (χ3v) is 3.61. The van der Waals surface area contributed by atoms with E-state index in [4.69, 9.17) is 9.52 Å². The molecule has 3 N–H and O–H groups in total. The third-order valence-electron chi connectivity index (χ3n) is 3.18. The summed E-state index contributed by atoms with van der Waals surface area (Å²) < 4.78 is 5.42. The van der Waals surface area contributed by atoms with Gasteiger partial charge in [-0.15, -0.1) is 0 Å². The monoisotopic (exact) mass is 356 g/mol. The molecular weight excluding hydrogens is 344 g/mol. The summed E-state index contributed by atoms with van der Waals surface area (Å²) in [7, 11) is 0. The lowest BCUT2D eigenvalue weighted by molar-refractivity contribution is -0.147. The van der Waals surface area contributed by atoms with E-state index in [1.54, 1.807) is 18.2 Å². The maximum absolute atomic E-state index is 12.0. The number of furan rings is 1. The van der Waals surface area contributed by atoms with E-state index in [1.165, 1.54) is 6.07 Å². The molecule has 1 aromatic rings. The first-order valence-electron chi connectivity index (χ1n) is 6.22. The van der Waals surface area contributed by atoms with Crippen LogP contribution in [0.2, 0.25) is 0 Å². The van der Waals surface area contributed by atoms with Crippen LogP contribution in [0.15, 0.2) is 33.4 Å². The smallest absolute Gasteiger partial charge is 0.307 e. The Balaban J connectivity index is 1.93. The summed E-state index contributed by atoms with van der Waals surface area (Å²) in [5, 5.41) is 9.09. The summed E-state index contributed by atoms with van der Waals surface area (Å²) in [4.78, 5) is 34.8. The standard InChI is InChI=1S/C13H13BrN2O5/c14-10-6-5-9(21-10)12(18)16-15-11(17)7-3-1-2-4-8(7)13(19)20/h1-2,5-8H,3-4H2,(H,15,17)(H,16,18)(H,19,20)/t7-,8-/m0/s1. The Morgan fingerprint density at radius 1 is 1.14 bits per heavy atom. The van der Waals surface area contributed by atoms with Gasteiger partial charge in [0.2, 0.25) is 5.91 Å². The lowest BCUT2D eigenvalue weighted by Gasteiger charge is -2.24. The molecule has 0 unspecified atom stereocenters. The van der Waals surface area contributed by atoms with E-state index in [0.717, 1.165) is 0 Å². The van der Waals surface area contributed by atoms with Crippen molar-refractivity contribution in [1.82, 2.24) is 10.9 Å². The van der Waals surface area contributed by atoms with Crippen molar-refractivity contribution in [1.29, 1.82) is 0 Å². The lowest BCUT2D eigenvalue weighted by Crippen LogP contribution is -2.47. The summed E-state index contributed by atoms with van der Waals surface area (Å²) in [6.07, 6.45) is 4.12. The van der Waals surface area contributed by atoms with Gasteiger partial charge in [0, 0.05) is 0 Å². The lowest BCUT2D eigenvalue weighted by atomic mass is 9.82. The highest BCUT2D eigenvalue weighted by Gasteiger charge is 2.34. The first-order valence-corrected chi connectivity index (χ1v) is 7.01. The Morgan fingerprint density at radius 3 is 2.38 bits per heavy atom. The van der Waals surface area contributed by atoms with Gasteiger partial charge in [0.05, 0.1) is 11.8 Å². The van der Waals surface area contributed by atoms with E-state index in [0.29, 0.717) is 17.5 Å². The van der Waals surface area contributed by atoms with E-state index in [-0.39, 0.29) is 5.76 Å². The minimum Gasteiger partial charge on any atom is -0.481 e. The van der Waals surface area contributed by atoms with Crippen LogP contribution in [-0.4, -0.2) is 22.9 Å². The Morgan fingerprint density at radius 2 is 1.81 bits per heavy atom. The highest BCUT2D eigenvalue weighted by Crippen LogP contribution is 2.25. The number of hydrogen-bond donors (Lipinski definition) is 3. The van der Waals surface area contributed by atoms with Crippen molar-refractivity contribution in [2.24, 2.45) is 11.8 Å². The molecule has 2 rings (SSSR count). The number of hydrazine groups is 1. The molecule has 1 aliphatic rings. The van der Waals surface area contributed by atoms with Crippen LogP contribution in [-0.2, 0) is 9.59 Å². The van der Waals surface area contributed by atoms with Crippen LogP contribution in [0.25, 0.3) is 0 Å². The minimum absolute atomic E-state index is 0.0282. The summed E-state index contributed by atoms with van der Waals surface area (Å²) in [6, 6.07) is 2.98. The first kappa shape index (κ1) is 15.3. The average molecular weight is 357 g/mol. The molecule has 0 aromatic carbocycles. The number of carbonyl (C=O) groups is 3. The van der Waals surface area contributed by atoms with E-state index in [2.05, 4.69) is 26.8 Å². The maximum Gasteiger partial charge on any atom is 0.307 e. The van der Waals surface area contributed by atoms with Gasteiger partial charge in [-0.25, -0.2) is 0 Å². The van der Waals surface area contributed by atoms with Crippen molar-refractivity contribution < 1.29 is 23.9 Å². The quantitative estimate of drug-likeness (QED) is 0.561. The Labute approximate surface area is 128 Å². The van der Waals surface area contributed by atoms with E-state index in [1.807, 2.05) is 0 Å². The summed E-state index contributed by atoms with van der Waals surface area (Å²) in [5.74, 6) is -3.65. The highest BCUT2D eigenvalue weighted by molar-refractivity contribution is 9.10. The van der Waals surface area contributed by atoms with Crippen molar-refractivity contribution in [3.63, 3.8) is 0 Å². The van der Waals surface area contributed by atoms with Gasteiger partial charge in [-0.1, -0.05) is 12.2 Å². The number of rotatable bonds is 3. The zero-order valence-corrected chi connectivity index (χ0v) is 12.4. The normalized spacial score (nSPS) is 20.8. The van der Waals surface area contributed by atoms with Crippen molar-refractivity contribution >= 4 is 33.7 Å². The van der Waals surface area contributed by atoms with E-state index >= 15 is 0 Å². The van der Waals surface area contributed by atoms with Gasteiger partial charge in [0.25, 0.3) is 0 Å². The van der Waals surface area contributed by atoms with E-state index < -0.39 is 29.6 Å². The Bertz CT molecular complexity index is 595. The van der Waals surface area contributed by atoms with Gasteiger partial charge < -0.3 is 9.52 Å². The number of carbonyl (C=O) groups excluding carboxylic acids is 2. The van der Waals surface area contributed by atoms with Gasteiger partial charge >= 0.3 is 11.9 Å². The van der Waals surface area contributed by atoms with Gasteiger partial charge in [0.1, 0.15) is 0 Å². The number of carboxylic acids is 1. The van der Waals surface area contributed by atoms with Crippen molar-refractivity contribution in [3.8, 4) is 0 Å². The molecule has 8 heteroatoms. The predicted molar refractivity (Wildman–Crippen MR) is 75.0 cm³/mol. The average Bonchev–Trinajstić information content (AvgIpc) is 2.91. The Hall–Kier alpha value is -2.09. The number of hydrogen-bond acceptors (Lipinski definition) is 4. The zero-order valence-electron chi connectivity index (χ0n) is 10.8. The van der Waals surface area contributed by atoms with Crippen LogP contribution in [0.5, 0.6) is 0 Å². The Kier molecular flexibility index (Phi) is 4.79. The molecule has 112 valence electrons. The molecule has 7 nitrogen and oxygen atoms in total. The van der Waals surface area contributed by atoms with Gasteiger partial charge in [0.15, 0.2) is 10.4 Å². The summed E-state index contributed by atoms with van der Waals surface area (Å²) in [6.45, 7) is 0. The second kappa shape index (κ2) is 6.57. The molecule has 0 radical (unpaired) electrons. The molecular formula is C13H13BrN2O5. The maximum atomic E-state index is 12.0. The molecule has 0 aliphatic heterocycles. The van der Waals surface area contributed by atoms with Crippen LogP contribution in [0, 0.1) is 11.8 Å². The molecule has 0 bridgehead atoms. The molecule has 1 heterocycles. The fourth-order valence-electron chi connectivity index (χ4n) is 2.09. The van der Waals surface area contributed by atoms with Crippen molar-refractivity contribution in [2.45, 2.75) is 12.8 Å². The molecule has 0 saturated heterocycles. The molecule has 0 spiro atoms. The zero-order chi connectivity index (χ0) is 15.4. The highest BCUT2D eigenvalue weighted by atomic mass is 79.9. The van der Waals surface area contributed by atoms with Crippen molar-refractivity contribution in [2.75, 3.05) is 0 Å².